The second-order valence-corrected chi connectivity index (χ2v) is 5.42. The quantitative estimate of drug-likeness (QED) is 0.826. The van der Waals surface area contributed by atoms with Gasteiger partial charge in [0.2, 0.25) is 0 Å². The van der Waals surface area contributed by atoms with E-state index < -0.39 is 0 Å². The Kier molecular flexibility index (Phi) is 5.02. The van der Waals surface area contributed by atoms with Crippen LogP contribution in [0.4, 0.5) is 4.39 Å². The SMILES string of the molecule is CC(CNC(C)(C)C)NCc1cncc(F)c1. The van der Waals surface area contributed by atoms with Gasteiger partial charge < -0.3 is 10.6 Å². The van der Waals surface area contributed by atoms with Crippen LogP contribution < -0.4 is 10.6 Å². The van der Waals surface area contributed by atoms with Gasteiger partial charge in [-0.05, 0) is 39.3 Å². The minimum atomic E-state index is -0.287. The fourth-order valence-electron chi connectivity index (χ4n) is 1.38. The number of hydrogen-bond donors (Lipinski definition) is 2. The maximum atomic E-state index is 12.9. The fourth-order valence-corrected chi connectivity index (χ4v) is 1.38. The summed E-state index contributed by atoms with van der Waals surface area (Å²) in [5.74, 6) is -0.287. The average molecular weight is 239 g/mol. The Morgan fingerprint density at radius 3 is 2.65 bits per heavy atom. The Morgan fingerprint density at radius 2 is 2.06 bits per heavy atom. The van der Waals surface area contributed by atoms with Crippen LogP contribution in [0.2, 0.25) is 0 Å². The molecule has 3 nitrogen and oxygen atoms in total. The zero-order chi connectivity index (χ0) is 12.9. The third kappa shape index (κ3) is 6.34. The molecule has 0 bridgehead atoms. The van der Waals surface area contributed by atoms with Crippen LogP contribution in [0.25, 0.3) is 0 Å². The van der Waals surface area contributed by atoms with Crippen LogP contribution in [0, 0.1) is 5.82 Å². The van der Waals surface area contributed by atoms with Crippen molar-refractivity contribution in [1.29, 1.82) is 0 Å². The van der Waals surface area contributed by atoms with E-state index >= 15 is 0 Å². The average Bonchev–Trinajstić information content (AvgIpc) is 2.23. The van der Waals surface area contributed by atoms with Crippen molar-refractivity contribution < 1.29 is 4.39 Å². The van der Waals surface area contributed by atoms with Crippen molar-refractivity contribution in [3.8, 4) is 0 Å². The second-order valence-electron chi connectivity index (χ2n) is 5.42. The lowest BCUT2D eigenvalue weighted by molar-refractivity contribution is 0.387. The van der Waals surface area contributed by atoms with Gasteiger partial charge in [0.05, 0.1) is 6.20 Å². The first-order valence-electron chi connectivity index (χ1n) is 5.95. The summed E-state index contributed by atoms with van der Waals surface area (Å²) >= 11 is 0. The van der Waals surface area contributed by atoms with Gasteiger partial charge in [0.25, 0.3) is 0 Å². The fraction of sp³-hybridized carbons (Fsp3) is 0.615. The van der Waals surface area contributed by atoms with Gasteiger partial charge >= 0.3 is 0 Å². The predicted octanol–water partition coefficient (Wildman–Crippen LogP) is 2.09. The van der Waals surface area contributed by atoms with Crippen molar-refractivity contribution in [1.82, 2.24) is 15.6 Å². The summed E-state index contributed by atoms with van der Waals surface area (Å²) in [4.78, 5) is 3.82. The monoisotopic (exact) mass is 239 g/mol. The van der Waals surface area contributed by atoms with E-state index in [-0.39, 0.29) is 11.4 Å². The van der Waals surface area contributed by atoms with Crippen LogP contribution >= 0.6 is 0 Å². The summed E-state index contributed by atoms with van der Waals surface area (Å²) in [6, 6.07) is 1.83. The van der Waals surface area contributed by atoms with Crippen molar-refractivity contribution in [3.63, 3.8) is 0 Å². The standard InChI is InChI=1S/C13H22FN3/c1-10(6-17-13(2,3)4)16-8-11-5-12(14)9-15-7-11/h5,7,9-10,16-17H,6,8H2,1-4H3. The van der Waals surface area contributed by atoms with E-state index in [9.17, 15) is 4.39 Å². The number of rotatable bonds is 5. The Balaban J connectivity index is 2.31. The minimum Gasteiger partial charge on any atom is -0.311 e. The van der Waals surface area contributed by atoms with Crippen LogP contribution in [0.5, 0.6) is 0 Å². The van der Waals surface area contributed by atoms with E-state index in [1.54, 1.807) is 6.20 Å². The molecular weight excluding hydrogens is 217 g/mol. The van der Waals surface area contributed by atoms with E-state index in [2.05, 4.69) is 43.3 Å². The highest BCUT2D eigenvalue weighted by Gasteiger charge is 2.10. The molecule has 1 aromatic rings. The lowest BCUT2D eigenvalue weighted by atomic mass is 10.1. The van der Waals surface area contributed by atoms with Gasteiger partial charge in [0.15, 0.2) is 0 Å². The van der Waals surface area contributed by atoms with Crippen LogP contribution in [0.1, 0.15) is 33.3 Å². The van der Waals surface area contributed by atoms with Crippen LogP contribution in [-0.4, -0.2) is 23.1 Å². The molecule has 96 valence electrons. The molecule has 1 atom stereocenters. The minimum absolute atomic E-state index is 0.121. The zero-order valence-electron chi connectivity index (χ0n) is 11.0. The number of halogens is 1. The van der Waals surface area contributed by atoms with E-state index in [0.29, 0.717) is 12.6 Å². The van der Waals surface area contributed by atoms with Gasteiger partial charge in [-0.1, -0.05) is 0 Å². The molecule has 0 aliphatic heterocycles. The maximum absolute atomic E-state index is 12.9. The molecule has 1 rings (SSSR count). The second kappa shape index (κ2) is 6.07. The third-order valence-electron chi connectivity index (χ3n) is 2.35. The summed E-state index contributed by atoms with van der Waals surface area (Å²) in [5, 5.41) is 6.75. The molecule has 0 spiro atoms. The van der Waals surface area contributed by atoms with Crippen molar-refractivity contribution in [2.24, 2.45) is 0 Å². The number of aromatic nitrogens is 1. The van der Waals surface area contributed by atoms with Gasteiger partial charge in [-0.3, -0.25) is 4.98 Å². The number of hydrogen-bond acceptors (Lipinski definition) is 3. The third-order valence-corrected chi connectivity index (χ3v) is 2.35. The molecule has 1 heterocycles. The van der Waals surface area contributed by atoms with E-state index in [1.165, 1.54) is 12.3 Å². The van der Waals surface area contributed by atoms with Crippen molar-refractivity contribution in [2.75, 3.05) is 6.54 Å². The smallest absolute Gasteiger partial charge is 0.141 e. The van der Waals surface area contributed by atoms with E-state index in [4.69, 9.17) is 0 Å². The summed E-state index contributed by atoms with van der Waals surface area (Å²) in [7, 11) is 0. The van der Waals surface area contributed by atoms with Gasteiger partial charge in [0, 0.05) is 30.9 Å². The predicted molar refractivity (Wildman–Crippen MR) is 68.3 cm³/mol. The van der Waals surface area contributed by atoms with Gasteiger partial charge in [-0.2, -0.15) is 0 Å². The molecule has 0 aromatic carbocycles. The van der Waals surface area contributed by atoms with Crippen molar-refractivity contribution in [3.05, 3.63) is 29.8 Å². The van der Waals surface area contributed by atoms with Gasteiger partial charge in [-0.15, -0.1) is 0 Å². The Labute approximate surface area is 103 Å². The molecule has 0 radical (unpaired) electrons. The Bertz CT molecular complexity index is 347. The lowest BCUT2D eigenvalue weighted by Gasteiger charge is -2.24. The van der Waals surface area contributed by atoms with Gasteiger partial charge in [0.1, 0.15) is 5.82 Å². The van der Waals surface area contributed by atoms with E-state index in [1.807, 2.05) is 0 Å². The molecule has 0 fully saturated rings. The molecule has 2 N–H and O–H groups in total. The summed E-state index contributed by atoms with van der Waals surface area (Å²) < 4.78 is 12.9. The highest BCUT2D eigenvalue weighted by atomic mass is 19.1. The highest BCUT2D eigenvalue weighted by molar-refractivity contribution is 5.09. The lowest BCUT2D eigenvalue weighted by Crippen LogP contribution is -2.44. The maximum Gasteiger partial charge on any atom is 0.141 e. The molecule has 4 heteroatoms. The molecule has 1 unspecified atom stereocenters. The highest BCUT2D eigenvalue weighted by Crippen LogP contribution is 2.01. The number of nitrogens with one attached hydrogen (secondary N) is 2. The summed E-state index contributed by atoms with van der Waals surface area (Å²) in [6.45, 7) is 10.0. The number of pyridine rings is 1. The zero-order valence-corrected chi connectivity index (χ0v) is 11.0. The van der Waals surface area contributed by atoms with Crippen molar-refractivity contribution >= 4 is 0 Å². The van der Waals surface area contributed by atoms with Crippen molar-refractivity contribution in [2.45, 2.75) is 45.8 Å². The molecule has 0 aliphatic rings. The first kappa shape index (κ1) is 14.1. The molecule has 0 aliphatic carbocycles. The van der Waals surface area contributed by atoms with Crippen LogP contribution in [-0.2, 0) is 6.54 Å². The molecule has 1 aromatic heterocycles. The molecule has 0 saturated carbocycles. The topological polar surface area (TPSA) is 37.0 Å². The normalized spacial score (nSPS) is 13.7. The van der Waals surface area contributed by atoms with Crippen LogP contribution in [0.3, 0.4) is 0 Å². The summed E-state index contributed by atoms with van der Waals surface area (Å²) in [5.41, 5.74) is 0.990. The molecule has 17 heavy (non-hydrogen) atoms. The number of nitrogens with zero attached hydrogens (tertiary/aromatic N) is 1. The largest absolute Gasteiger partial charge is 0.311 e. The Morgan fingerprint density at radius 1 is 1.35 bits per heavy atom. The van der Waals surface area contributed by atoms with Crippen LogP contribution in [0.15, 0.2) is 18.5 Å². The molecule has 0 saturated heterocycles. The molecular formula is C13H22FN3. The Hall–Kier alpha value is -1.00. The first-order chi connectivity index (χ1) is 7.87. The van der Waals surface area contributed by atoms with Gasteiger partial charge in [-0.25, -0.2) is 4.39 Å². The van der Waals surface area contributed by atoms with E-state index in [0.717, 1.165) is 12.1 Å². The summed E-state index contributed by atoms with van der Waals surface area (Å²) in [6.07, 6.45) is 2.90. The molecule has 0 amide bonds. The first-order valence-corrected chi connectivity index (χ1v) is 5.95.